The van der Waals surface area contributed by atoms with Crippen LogP contribution >= 0.6 is 0 Å². The number of carbonyl (C=O) groups excluding carboxylic acids is 2. The maximum atomic E-state index is 14.7. The number of fused-ring (bicyclic) bond motifs is 1. The van der Waals surface area contributed by atoms with Crippen LogP contribution < -0.4 is 5.32 Å². The first-order valence-electron chi connectivity index (χ1n) is 11.4. The maximum Gasteiger partial charge on any atom is 0.343 e. The number of morpholine rings is 1. The Morgan fingerprint density at radius 1 is 1.12 bits per heavy atom. The van der Waals surface area contributed by atoms with Crippen molar-refractivity contribution in [2.75, 3.05) is 38.2 Å². The molecule has 0 unspecified atom stereocenters. The molecule has 1 saturated heterocycles. The van der Waals surface area contributed by atoms with Crippen molar-refractivity contribution in [1.82, 2.24) is 4.90 Å². The molecule has 0 atom stereocenters. The molecule has 0 radical (unpaired) electrons. The number of halogens is 1. The van der Waals surface area contributed by atoms with Gasteiger partial charge in [-0.05, 0) is 67.1 Å². The number of benzene rings is 2. The predicted octanol–water partition coefficient (Wildman–Crippen LogP) is 3.89. The van der Waals surface area contributed by atoms with Crippen LogP contribution in [-0.2, 0) is 33.7 Å². The zero-order chi connectivity index (χ0) is 23.2. The number of nitrogens with zero attached hydrogens (tertiary/aromatic N) is 1. The Kier molecular flexibility index (Phi) is 7.52. The summed E-state index contributed by atoms with van der Waals surface area (Å²) >= 11 is 0. The van der Waals surface area contributed by atoms with Crippen molar-refractivity contribution in [1.29, 1.82) is 0 Å². The first kappa shape index (κ1) is 23.1. The standard InChI is InChI=1S/C26H29FN2O4/c1-2-33-26(31)23(16-28-21-8-7-19-4-3-5-20(19)15-21)25(30)22-14-18(6-9-24(22)27)17-29-10-12-32-13-11-29/h6-9,14-16,28H,2-5,10-13,17H2,1H3. The average Bonchev–Trinajstić information content (AvgIpc) is 3.29. The lowest BCUT2D eigenvalue weighted by atomic mass is 10.0. The Bertz CT molecular complexity index is 1060. The summed E-state index contributed by atoms with van der Waals surface area (Å²) in [6.45, 7) is 5.21. The van der Waals surface area contributed by atoms with Crippen molar-refractivity contribution in [3.05, 3.63) is 76.2 Å². The number of aryl methyl sites for hydroxylation is 2. The third-order valence-corrected chi connectivity index (χ3v) is 6.01. The Labute approximate surface area is 193 Å². The van der Waals surface area contributed by atoms with Gasteiger partial charge in [-0.25, -0.2) is 9.18 Å². The van der Waals surface area contributed by atoms with Gasteiger partial charge in [0.1, 0.15) is 11.4 Å². The molecule has 33 heavy (non-hydrogen) atoms. The van der Waals surface area contributed by atoms with Crippen LogP contribution in [0.3, 0.4) is 0 Å². The van der Waals surface area contributed by atoms with Gasteiger partial charge in [-0.3, -0.25) is 9.69 Å². The summed E-state index contributed by atoms with van der Waals surface area (Å²) in [7, 11) is 0. The molecule has 0 aromatic heterocycles. The Morgan fingerprint density at radius 3 is 2.70 bits per heavy atom. The van der Waals surface area contributed by atoms with E-state index in [1.165, 1.54) is 29.5 Å². The minimum Gasteiger partial charge on any atom is -0.462 e. The Balaban J connectivity index is 1.57. The van der Waals surface area contributed by atoms with E-state index in [0.29, 0.717) is 19.8 Å². The second-order valence-electron chi connectivity index (χ2n) is 8.29. The third-order valence-electron chi connectivity index (χ3n) is 6.01. The number of carbonyl (C=O) groups is 2. The second-order valence-corrected chi connectivity index (χ2v) is 8.29. The molecule has 0 spiro atoms. The van der Waals surface area contributed by atoms with E-state index in [9.17, 15) is 14.0 Å². The number of rotatable bonds is 8. The normalized spacial score (nSPS) is 16.4. The lowest BCUT2D eigenvalue weighted by Crippen LogP contribution is -2.35. The van der Waals surface area contributed by atoms with Crippen LogP contribution in [0.5, 0.6) is 0 Å². The van der Waals surface area contributed by atoms with Crippen LogP contribution in [0.25, 0.3) is 0 Å². The summed E-state index contributed by atoms with van der Waals surface area (Å²) in [6.07, 6.45) is 4.53. The molecule has 0 saturated carbocycles. The fraction of sp³-hybridized carbons (Fsp3) is 0.385. The summed E-state index contributed by atoms with van der Waals surface area (Å²) in [6, 6.07) is 10.5. The van der Waals surface area contributed by atoms with Gasteiger partial charge in [0.25, 0.3) is 0 Å². The predicted molar refractivity (Wildman–Crippen MR) is 124 cm³/mol. The highest BCUT2D eigenvalue weighted by atomic mass is 19.1. The van der Waals surface area contributed by atoms with E-state index in [4.69, 9.17) is 9.47 Å². The van der Waals surface area contributed by atoms with Crippen LogP contribution in [0.15, 0.2) is 48.2 Å². The molecule has 0 amide bonds. The first-order chi connectivity index (χ1) is 16.0. The van der Waals surface area contributed by atoms with Crippen LogP contribution in [-0.4, -0.2) is 49.6 Å². The number of anilines is 1. The van der Waals surface area contributed by atoms with E-state index < -0.39 is 17.6 Å². The first-order valence-corrected chi connectivity index (χ1v) is 11.4. The molecular weight excluding hydrogens is 423 g/mol. The molecule has 4 rings (SSSR count). The zero-order valence-electron chi connectivity index (χ0n) is 18.9. The number of ether oxygens (including phenoxy) is 2. The van der Waals surface area contributed by atoms with Gasteiger partial charge < -0.3 is 14.8 Å². The largest absolute Gasteiger partial charge is 0.462 e. The zero-order valence-corrected chi connectivity index (χ0v) is 18.9. The van der Waals surface area contributed by atoms with Gasteiger partial charge in [0.15, 0.2) is 0 Å². The molecule has 1 aliphatic heterocycles. The summed E-state index contributed by atoms with van der Waals surface area (Å²) in [5, 5.41) is 3.04. The molecule has 2 aromatic carbocycles. The minimum atomic E-state index is -0.783. The molecule has 7 heteroatoms. The summed E-state index contributed by atoms with van der Waals surface area (Å²) < 4.78 is 25.1. The molecule has 2 aromatic rings. The summed E-state index contributed by atoms with van der Waals surface area (Å²) in [5.41, 5.74) is 3.78. The van der Waals surface area contributed by atoms with Gasteiger partial charge in [-0.15, -0.1) is 0 Å². The van der Waals surface area contributed by atoms with Crippen LogP contribution in [0.2, 0.25) is 0 Å². The van der Waals surface area contributed by atoms with Gasteiger partial charge >= 0.3 is 5.97 Å². The highest BCUT2D eigenvalue weighted by Crippen LogP contribution is 2.25. The number of ketones is 1. The number of esters is 1. The molecule has 1 aliphatic carbocycles. The van der Waals surface area contributed by atoms with E-state index in [1.54, 1.807) is 13.0 Å². The topological polar surface area (TPSA) is 67.9 Å². The molecule has 2 aliphatic rings. The van der Waals surface area contributed by atoms with E-state index in [0.717, 1.165) is 43.6 Å². The molecule has 0 bridgehead atoms. The van der Waals surface area contributed by atoms with Gasteiger partial charge in [0, 0.05) is 31.5 Å². The van der Waals surface area contributed by atoms with Crippen molar-refractivity contribution >= 4 is 17.4 Å². The minimum absolute atomic E-state index is 0.113. The van der Waals surface area contributed by atoms with E-state index >= 15 is 0 Å². The van der Waals surface area contributed by atoms with Gasteiger partial charge in [-0.2, -0.15) is 0 Å². The fourth-order valence-corrected chi connectivity index (χ4v) is 4.25. The third kappa shape index (κ3) is 5.67. The maximum absolute atomic E-state index is 14.7. The van der Waals surface area contributed by atoms with Crippen molar-refractivity contribution in [3.63, 3.8) is 0 Å². The average molecular weight is 453 g/mol. The van der Waals surface area contributed by atoms with Crippen molar-refractivity contribution in [3.8, 4) is 0 Å². The molecular formula is C26H29FN2O4. The lowest BCUT2D eigenvalue weighted by molar-refractivity contribution is -0.138. The molecule has 174 valence electrons. The summed E-state index contributed by atoms with van der Waals surface area (Å²) in [5.74, 6) is -2.16. The van der Waals surface area contributed by atoms with Crippen molar-refractivity contribution in [2.45, 2.75) is 32.7 Å². The number of hydrogen-bond donors (Lipinski definition) is 1. The monoisotopic (exact) mass is 452 g/mol. The fourth-order valence-electron chi connectivity index (χ4n) is 4.25. The van der Waals surface area contributed by atoms with Crippen LogP contribution in [0, 0.1) is 5.82 Å². The SMILES string of the molecule is CCOC(=O)C(=CNc1ccc2c(c1)CCC2)C(=O)c1cc(CN2CCOCC2)ccc1F. The summed E-state index contributed by atoms with van der Waals surface area (Å²) in [4.78, 5) is 28.0. The number of nitrogens with one attached hydrogen (secondary N) is 1. The molecule has 6 nitrogen and oxygen atoms in total. The highest BCUT2D eigenvalue weighted by molar-refractivity contribution is 6.24. The Hall–Kier alpha value is -3.03. The smallest absolute Gasteiger partial charge is 0.343 e. The quantitative estimate of drug-likeness (QED) is 0.216. The van der Waals surface area contributed by atoms with E-state index in [1.807, 2.05) is 12.1 Å². The van der Waals surface area contributed by atoms with Crippen molar-refractivity contribution in [2.24, 2.45) is 0 Å². The Morgan fingerprint density at radius 2 is 1.91 bits per heavy atom. The van der Waals surface area contributed by atoms with E-state index in [2.05, 4.69) is 16.3 Å². The van der Waals surface area contributed by atoms with Crippen molar-refractivity contribution < 1.29 is 23.5 Å². The number of hydrogen-bond acceptors (Lipinski definition) is 6. The lowest BCUT2D eigenvalue weighted by Gasteiger charge is -2.26. The molecule has 1 N–H and O–H groups in total. The van der Waals surface area contributed by atoms with Gasteiger partial charge in [0.2, 0.25) is 5.78 Å². The van der Waals surface area contributed by atoms with Gasteiger partial charge in [-0.1, -0.05) is 12.1 Å². The molecule has 1 heterocycles. The van der Waals surface area contributed by atoms with Crippen LogP contribution in [0.1, 0.15) is 40.4 Å². The van der Waals surface area contributed by atoms with Crippen LogP contribution in [0.4, 0.5) is 10.1 Å². The second kappa shape index (κ2) is 10.7. The molecule has 1 fully saturated rings. The highest BCUT2D eigenvalue weighted by Gasteiger charge is 2.25. The van der Waals surface area contributed by atoms with Gasteiger partial charge in [0.05, 0.1) is 25.4 Å². The number of Topliss-reactive ketones (excluding diaryl/α,β-unsaturated/α-hetero) is 1. The van der Waals surface area contributed by atoms with E-state index in [-0.39, 0.29) is 17.7 Å².